The number of anilines is 1. The summed E-state index contributed by atoms with van der Waals surface area (Å²) in [4.78, 5) is 47.3. The van der Waals surface area contributed by atoms with Gasteiger partial charge < -0.3 is 59.5 Å². The maximum absolute atomic E-state index is 12.4. The molecule has 2 aliphatic heterocycles. The van der Waals surface area contributed by atoms with Gasteiger partial charge in [0.1, 0.15) is 60.3 Å². The minimum Gasteiger partial charge on any atom is -0.756 e. The van der Waals surface area contributed by atoms with E-state index in [9.17, 15) is 39.3 Å². The lowest BCUT2D eigenvalue weighted by Crippen LogP contribution is -2.43. The fraction of sp³-hybridized carbons (Fsp3) is 0.524. The number of nitrogen functional groups attached to an aromatic ring is 1. The quantitative estimate of drug-likeness (QED) is 0.0782. The first-order valence-corrected chi connectivity index (χ1v) is 16.1. The highest BCUT2D eigenvalue weighted by atomic mass is 31.3. The van der Waals surface area contributed by atoms with Gasteiger partial charge in [-0.15, -0.1) is 0 Å². The van der Waals surface area contributed by atoms with Gasteiger partial charge in [-0.3, -0.25) is 23.7 Å². The summed E-state index contributed by atoms with van der Waals surface area (Å²) >= 11 is 0. The molecular weight excluding hydrogens is 662 g/mol. The van der Waals surface area contributed by atoms with Crippen molar-refractivity contribution < 1.29 is 62.2 Å². The first-order valence-electron chi connectivity index (χ1n) is 13.2. The fourth-order valence-corrected chi connectivity index (χ4v) is 7.14. The Morgan fingerprint density at radius 2 is 1.72 bits per heavy atom. The fourth-order valence-electron chi connectivity index (χ4n) is 5.13. The molecule has 4 aromatic rings. The standard InChI is InChI=1S/C21H28N10O13P2/c1-21(31-7-28-10-16(22)25-5-27-19(10)31)15(35)13(33)9(43-21)3-41-46(38,39)44-45(36,37)40-2-8-12(32)14(34)20(42-8)30-6-29-18-11(17(30)23)24-4-26-18/h4-9,12-15,20,23,32-35H,2-3H2,1H3,(H,24,26)(H,36,37)(H,38,39)(H2,22,25,27)/p-2/t8-,9+,12+,13?,14?,15-,20-,21+/m1/s1. The Balaban J connectivity index is 1.06. The largest absolute Gasteiger partial charge is 0.756 e. The first-order chi connectivity index (χ1) is 21.6. The average molecular weight is 688 g/mol. The Bertz CT molecular complexity index is 1920. The van der Waals surface area contributed by atoms with E-state index in [-0.39, 0.29) is 33.6 Å². The number of imidazole rings is 2. The van der Waals surface area contributed by atoms with Crippen LogP contribution in [-0.4, -0.2) is 109 Å². The van der Waals surface area contributed by atoms with E-state index in [1.165, 1.54) is 24.1 Å². The van der Waals surface area contributed by atoms with Gasteiger partial charge in [0, 0.05) is 0 Å². The number of nitrogens with zero attached hydrogens (tertiary/aromatic N) is 7. The van der Waals surface area contributed by atoms with Gasteiger partial charge in [-0.05, 0) is 6.92 Å². The summed E-state index contributed by atoms with van der Waals surface area (Å²) in [5, 5.41) is 50.4. The van der Waals surface area contributed by atoms with E-state index in [1.807, 2.05) is 0 Å². The number of nitrogens with two attached hydrogens (primary N) is 1. The molecule has 0 radical (unpaired) electrons. The number of phosphoric acid groups is 2. The van der Waals surface area contributed by atoms with Crippen molar-refractivity contribution in [1.29, 1.82) is 5.41 Å². The molecule has 0 aliphatic carbocycles. The number of H-pyrrole nitrogens is 1. The molecule has 0 aromatic carbocycles. The highest BCUT2D eigenvalue weighted by Gasteiger charge is 2.53. The van der Waals surface area contributed by atoms with Crippen LogP contribution in [0.3, 0.4) is 0 Å². The van der Waals surface area contributed by atoms with E-state index < -0.39 is 77.4 Å². The Morgan fingerprint density at radius 1 is 1.02 bits per heavy atom. The summed E-state index contributed by atoms with van der Waals surface area (Å²) < 4.78 is 51.5. The first kappa shape index (κ1) is 32.7. The predicted octanol–water partition coefficient (Wildman–Crippen LogP) is -3.94. The third-order valence-electron chi connectivity index (χ3n) is 7.51. The van der Waals surface area contributed by atoms with Gasteiger partial charge in [-0.25, -0.2) is 29.2 Å². The molecule has 250 valence electrons. The number of rotatable bonds is 10. The zero-order valence-corrected chi connectivity index (χ0v) is 25.1. The predicted molar refractivity (Wildman–Crippen MR) is 142 cm³/mol. The lowest BCUT2D eigenvalue weighted by atomic mass is 10.0. The lowest BCUT2D eigenvalue weighted by molar-refractivity contribution is -0.247. The highest BCUT2D eigenvalue weighted by molar-refractivity contribution is 7.59. The molecule has 6 heterocycles. The van der Waals surface area contributed by atoms with Crippen molar-refractivity contribution in [3.63, 3.8) is 0 Å². The van der Waals surface area contributed by atoms with E-state index in [0.29, 0.717) is 0 Å². The van der Waals surface area contributed by atoms with Crippen molar-refractivity contribution in [2.75, 3.05) is 18.9 Å². The third-order valence-corrected chi connectivity index (χ3v) is 10.0. The van der Waals surface area contributed by atoms with Gasteiger partial charge in [0.05, 0.1) is 25.9 Å². The van der Waals surface area contributed by atoms with Crippen LogP contribution in [0.5, 0.6) is 0 Å². The second-order valence-electron chi connectivity index (χ2n) is 10.4. The maximum atomic E-state index is 12.4. The molecule has 0 saturated carbocycles. The second kappa shape index (κ2) is 11.8. The number of nitrogens with one attached hydrogen (secondary N) is 2. The van der Waals surface area contributed by atoms with E-state index in [1.54, 1.807) is 0 Å². The number of aromatic nitrogens is 8. The molecule has 10 atom stereocenters. The van der Waals surface area contributed by atoms with E-state index in [2.05, 4.69) is 43.3 Å². The maximum Gasteiger partial charge on any atom is 0.274 e. The second-order valence-corrected chi connectivity index (χ2v) is 13.4. The highest BCUT2D eigenvalue weighted by Crippen LogP contribution is 2.56. The Labute approximate surface area is 255 Å². The van der Waals surface area contributed by atoms with E-state index in [0.717, 1.165) is 17.2 Å². The van der Waals surface area contributed by atoms with Crippen molar-refractivity contribution in [2.24, 2.45) is 0 Å². The normalized spacial score (nSPS) is 32.6. The summed E-state index contributed by atoms with van der Waals surface area (Å²) in [5.74, 6) is 0.0318. The molecule has 23 nitrogen and oxygen atoms in total. The lowest BCUT2D eigenvalue weighted by Gasteiger charge is -2.32. The summed E-state index contributed by atoms with van der Waals surface area (Å²) in [6, 6.07) is 0. The summed E-state index contributed by atoms with van der Waals surface area (Å²) in [7, 11) is -11.4. The monoisotopic (exact) mass is 688 g/mol. The van der Waals surface area contributed by atoms with Crippen molar-refractivity contribution in [2.45, 2.75) is 55.5 Å². The number of aromatic amines is 1. The number of hydrogen-bond acceptors (Lipinski definition) is 20. The molecule has 2 fully saturated rings. The van der Waals surface area contributed by atoms with Gasteiger partial charge in [0.15, 0.2) is 34.6 Å². The van der Waals surface area contributed by atoms with Crippen LogP contribution < -0.4 is 21.0 Å². The minimum absolute atomic E-state index is 0.0318. The molecule has 46 heavy (non-hydrogen) atoms. The smallest absolute Gasteiger partial charge is 0.274 e. The molecular formula is C21H26N10O13P2-2. The molecule has 0 spiro atoms. The number of hydrogen-bond donors (Lipinski definition) is 7. The number of aliphatic hydroxyl groups excluding tert-OH is 4. The molecule has 2 saturated heterocycles. The molecule has 25 heteroatoms. The van der Waals surface area contributed by atoms with Gasteiger partial charge in [0.2, 0.25) is 0 Å². The summed E-state index contributed by atoms with van der Waals surface area (Å²) in [6.45, 7) is -0.660. The van der Waals surface area contributed by atoms with Gasteiger partial charge in [-0.1, -0.05) is 0 Å². The van der Waals surface area contributed by atoms with Crippen LogP contribution in [0.15, 0.2) is 25.3 Å². The molecule has 0 amide bonds. The third kappa shape index (κ3) is 5.75. The van der Waals surface area contributed by atoms with E-state index in [4.69, 9.17) is 20.6 Å². The van der Waals surface area contributed by atoms with Crippen molar-refractivity contribution in [3.8, 4) is 0 Å². The van der Waals surface area contributed by atoms with Gasteiger partial charge in [-0.2, -0.15) is 0 Å². The van der Waals surface area contributed by atoms with Crippen LogP contribution in [0.25, 0.3) is 22.3 Å². The number of ether oxygens (including phenoxy) is 2. The summed E-state index contributed by atoms with van der Waals surface area (Å²) in [6.07, 6.45) is -6.50. The molecule has 4 aromatic heterocycles. The zero-order valence-electron chi connectivity index (χ0n) is 23.3. The van der Waals surface area contributed by atoms with Crippen molar-refractivity contribution >= 4 is 43.8 Å². The van der Waals surface area contributed by atoms with Crippen LogP contribution in [0, 0.1) is 5.41 Å². The van der Waals surface area contributed by atoms with Gasteiger partial charge in [0.25, 0.3) is 15.6 Å². The molecule has 2 aliphatic rings. The van der Waals surface area contributed by atoms with Crippen molar-refractivity contribution in [1.82, 2.24) is 39.0 Å². The number of aliphatic hydroxyl groups is 4. The van der Waals surface area contributed by atoms with Crippen LogP contribution >= 0.6 is 15.6 Å². The number of fused-ring (bicyclic) bond motifs is 2. The van der Waals surface area contributed by atoms with Crippen molar-refractivity contribution in [3.05, 3.63) is 30.8 Å². The average Bonchev–Trinajstić information content (AvgIpc) is 3.76. The molecule has 0 bridgehead atoms. The topological polar surface area (TPSA) is 347 Å². The molecule has 8 N–H and O–H groups in total. The van der Waals surface area contributed by atoms with E-state index >= 15 is 0 Å². The van der Waals surface area contributed by atoms with Gasteiger partial charge >= 0.3 is 0 Å². The molecule has 6 rings (SSSR count). The van der Waals surface area contributed by atoms with Crippen LogP contribution in [0.4, 0.5) is 5.82 Å². The SMILES string of the molecule is C[C@]1(n2cnc3c(N)ncnc32)O[C@@H](COP(=O)([O-])OP(=O)([O-])OC[C@H]2O[C@@H](n3cnc4nc[nH]c4c3=N)C(O)[C@H]2O)C(O)[C@H]1O. The number of phosphoric ester groups is 2. The van der Waals surface area contributed by atoms with Crippen LogP contribution in [0.2, 0.25) is 0 Å². The zero-order chi connectivity index (χ0) is 33.2. The molecule has 4 unspecified atom stereocenters. The minimum atomic E-state index is -5.71. The summed E-state index contributed by atoms with van der Waals surface area (Å²) in [5.41, 5.74) is 4.52. The van der Waals surface area contributed by atoms with Crippen LogP contribution in [0.1, 0.15) is 13.2 Å². The Hall–Kier alpha value is -3.28. The van der Waals surface area contributed by atoms with Crippen LogP contribution in [-0.2, 0) is 37.7 Å². The Kier molecular flexibility index (Phi) is 8.34. The Morgan fingerprint density at radius 3 is 2.43 bits per heavy atom.